The Bertz CT molecular complexity index is 1110. The molecule has 0 unspecified atom stereocenters. The summed E-state index contributed by atoms with van der Waals surface area (Å²) in [7, 11) is -3.67. The van der Waals surface area contributed by atoms with Crippen molar-refractivity contribution in [3.8, 4) is 17.3 Å². The molecule has 152 valence electrons. The van der Waals surface area contributed by atoms with Crippen LogP contribution in [0.3, 0.4) is 0 Å². The van der Waals surface area contributed by atoms with Crippen LogP contribution in [-0.2, 0) is 16.6 Å². The number of nitrogens with two attached hydrogens (primary N) is 1. The van der Waals surface area contributed by atoms with Crippen LogP contribution in [-0.4, -0.2) is 36.9 Å². The summed E-state index contributed by atoms with van der Waals surface area (Å²) in [4.78, 5) is 11.9. The molecule has 1 aliphatic rings. The van der Waals surface area contributed by atoms with E-state index >= 15 is 0 Å². The number of sulfonamides is 1. The molecule has 0 atom stereocenters. The molecule has 1 aromatic carbocycles. The molecule has 0 bridgehead atoms. The van der Waals surface area contributed by atoms with Crippen LogP contribution in [0.5, 0.6) is 5.75 Å². The molecule has 10 heteroatoms. The van der Waals surface area contributed by atoms with Crippen molar-refractivity contribution in [1.82, 2.24) is 9.46 Å². The van der Waals surface area contributed by atoms with Gasteiger partial charge in [-0.2, -0.15) is 4.31 Å². The number of carbonyl (C=O) groups is 1. The van der Waals surface area contributed by atoms with E-state index in [0.717, 1.165) is 12.8 Å². The molecule has 3 aromatic rings. The van der Waals surface area contributed by atoms with Gasteiger partial charge in [0.05, 0.1) is 16.7 Å². The van der Waals surface area contributed by atoms with E-state index < -0.39 is 15.9 Å². The highest BCUT2D eigenvalue weighted by atomic mass is 32.2. The van der Waals surface area contributed by atoms with E-state index in [1.54, 1.807) is 18.2 Å². The van der Waals surface area contributed by atoms with Crippen molar-refractivity contribution in [2.24, 2.45) is 5.73 Å². The fourth-order valence-electron chi connectivity index (χ4n) is 3.13. The number of carbonyl (C=O) groups excluding carboxylic acids is 1. The van der Waals surface area contributed by atoms with Crippen LogP contribution in [0.25, 0.3) is 11.5 Å². The third-order valence-corrected chi connectivity index (χ3v) is 6.51. The van der Waals surface area contributed by atoms with Gasteiger partial charge in [0.2, 0.25) is 15.8 Å². The number of furan rings is 1. The van der Waals surface area contributed by atoms with Gasteiger partial charge in [0.15, 0.2) is 5.76 Å². The highest BCUT2D eigenvalue weighted by molar-refractivity contribution is 7.89. The van der Waals surface area contributed by atoms with Crippen LogP contribution in [0.1, 0.15) is 28.9 Å². The molecule has 0 saturated carbocycles. The molecule has 29 heavy (non-hydrogen) atoms. The van der Waals surface area contributed by atoms with Gasteiger partial charge < -0.3 is 19.4 Å². The maximum atomic E-state index is 12.7. The average Bonchev–Trinajstić information content (AvgIpc) is 3.48. The fourth-order valence-corrected chi connectivity index (χ4v) is 4.68. The number of amides is 1. The van der Waals surface area contributed by atoms with Gasteiger partial charge in [0, 0.05) is 19.2 Å². The standard InChI is InChI=1S/C19H19N3O6S/c20-19(23)15-11-14(29(24,25)22-7-1-2-8-22)5-6-16(15)27-12-13-10-18(28-21-13)17-4-3-9-26-17/h3-6,9-11H,1-2,7-8,12H2,(H2,20,23). The lowest BCUT2D eigenvalue weighted by Gasteiger charge is -2.17. The molecule has 1 saturated heterocycles. The van der Waals surface area contributed by atoms with E-state index in [-0.39, 0.29) is 22.8 Å². The predicted octanol–water partition coefficient (Wildman–Crippen LogP) is 2.40. The zero-order valence-electron chi connectivity index (χ0n) is 15.4. The highest BCUT2D eigenvalue weighted by Crippen LogP contribution is 2.27. The van der Waals surface area contributed by atoms with E-state index in [0.29, 0.717) is 30.3 Å². The van der Waals surface area contributed by atoms with E-state index in [2.05, 4.69) is 5.16 Å². The van der Waals surface area contributed by atoms with Crippen LogP contribution < -0.4 is 10.5 Å². The van der Waals surface area contributed by atoms with Crippen molar-refractivity contribution in [2.45, 2.75) is 24.3 Å². The van der Waals surface area contributed by atoms with E-state index in [9.17, 15) is 13.2 Å². The molecular weight excluding hydrogens is 398 g/mol. The van der Waals surface area contributed by atoms with Gasteiger partial charge in [-0.25, -0.2) is 8.42 Å². The largest absolute Gasteiger partial charge is 0.486 e. The van der Waals surface area contributed by atoms with Gasteiger partial charge >= 0.3 is 0 Å². The topological polar surface area (TPSA) is 129 Å². The first-order chi connectivity index (χ1) is 13.9. The third-order valence-electron chi connectivity index (χ3n) is 4.62. The summed E-state index contributed by atoms with van der Waals surface area (Å²) in [6.07, 6.45) is 3.16. The normalized spacial score (nSPS) is 14.9. The minimum atomic E-state index is -3.67. The molecule has 9 nitrogen and oxygen atoms in total. The van der Waals surface area contributed by atoms with Gasteiger partial charge in [-0.15, -0.1) is 0 Å². The van der Waals surface area contributed by atoms with E-state index in [1.165, 1.54) is 28.8 Å². The van der Waals surface area contributed by atoms with Crippen LogP contribution in [0.15, 0.2) is 56.5 Å². The molecule has 0 radical (unpaired) electrons. The summed E-state index contributed by atoms with van der Waals surface area (Å²) >= 11 is 0. The van der Waals surface area contributed by atoms with Crippen LogP contribution in [0.2, 0.25) is 0 Å². The third kappa shape index (κ3) is 3.89. The smallest absolute Gasteiger partial charge is 0.252 e. The Morgan fingerprint density at radius 3 is 2.66 bits per heavy atom. The quantitative estimate of drug-likeness (QED) is 0.625. The Balaban J connectivity index is 1.54. The lowest BCUT2D eigenvalue weighted by atomic mass is 10.2. The van der Waals surface area contributed by atoms with E-state index in [4.69, 9.17) is 19.4 Å². The number of nitrogens with zero attached hydrogens (tertiary/aromatic N) is 2. The molecule has 0 aliphatic carbocycles. The van der Waals surface area contributed by atoms with Gasteiger partial charge in [0.25, 0.3) is 5.91 Å². The Kier molecular flexibility index (Phi) is 5.12. The number of rotatable bonds is 7. The van der Waals surface area contributed by atoms with Crippen molar-refractivity contribution in [2.75, 3.05) is 13.1 Å². The zero-order chi connectivity index (χ0) is 20.4. The molecule has 1 amide bonds. The van der Waals surface area contributed by atoms with Crippen molar-refractivity contribution >= 4 is 15.9 Å². The lowest BCUT2D eigenvalue weighted by Crippen LogP contribution is -2.28. The van der Waals surface area contributed by atoms with Gasteiger partial charge in [-0.1, -0.05) is 5.16 Å². The molecule has 4 rings (SSSR count). The number of aromatic nitrogens is 1. The molecule has 1 aliphatic heterocycles. The van der Waals surface area contributed by atoms with E-state index in [1.807, 2.05) is 0 Å². The zero-order valence-corrected chi connectivity index (χ0v) is 16.2. The summed E-state index contributed by atoms with van der Waals surface area (Å²) < 4.78 is 42.9. The first kappa shape index (κ1) is 19.2. The highest BCUT2D eigenvalue weighted by Gasteiger charge is 2.28. The fraction of sp³-hybridized carbons (Fsp3) is 0.263. The Labute approximate surface area is 167 Å². The first-order valence-corrected chi connectivity index (χ1v) is 10.5. The molecule has 0 spiro atoms. The molecule has 2 N–H and O–H groups in total. The van der Waals surface area contributed by atoms with Crippen molar-refractivity contribution in [3.63, 3.8) is 0 Å². The maximum absolute atomic E-state index is 12.7. The maximum Gasteiger partial charge on any atom is 0.252 e. The van der Waals surface area contributed by atoms with Crippen molar-refractivity contribution in [1.29, 1.82) is 0 Å². The molecule has 2 aromatic heterocycles. The number of hydrogen-bond acceptors (Lipinski definition) is 7. The van der Waals surface area contributed by atoms with Crippen molar-refractivity contribution in [3.05, 3.63) is 53.9 Å². The molecular formula is C19H19N3O6S. The average molecular weight is 417 g/mol. The Hall–Kier alpha value is -3.11. The van der Waals surface area contributed by atoms with Gasteiger partial charge in [-0.3, -0.25) is 4.79 Å². The molecule has 1 fully saturated rings. The van der Waals surface area contributed by atoms with Crippen molar-refractivity contribution < 1.29 is 26.9 Å². The number of benzene rings is 1. The minimum absolute atomic E-state index is 0.00269. The second-order valence-electron chi connectivity index (χ2n) is 6.58. The van der Waals surface area contributed by atoms with Crippen LogP contribution >= 0.6 is 0 Å². The summed E-state index contributed by atoms with van der Waals surface area (Å²) in [5.41, 5.74) is 5.90. The van der Waals surface area contributed by atoms with Crippen LogP contribution in [0.4, 0.5) is 0 Å². The second kappa shape index (κ2) is 7.72. The summed E-state index contributed by atoms with van der Waals surface area (Å²) in [5, 5.41) is 3.89. The summed E-state index contributed by atoms with van der Waals surface area (Å²) in [6.45, 7) is 0.940. The monoisotopic (exact) mass is 417 g/mol. The second-order valence-corrected chi connectivity index (χ2v) is 8.52. The number of primary amides is 1. The Morgan fingerprint density at radius 2 is 1.97 bits per heavy atom. The summed E-state index contributed by atoms with van der Waals surface area (Å²) in [6, 6.07) is 9.20. The lowest BCUT2D eigenvalue weighted by molar-refractivity contribution is 0.0995. The summed E-state index contributed by atoms with van der Waals surface area (Å²) in [5.74, 6) is 0.351. The minimum Gasteiger partial charge on any atom is -0.486 e. The predicted molar refractivity (Wildman–Crippen MR) is 101 cm³/mol. The van der Waals surface area contributed by atoms with Gasteiger partial charge in [0.1, 0.15) is 18.1 Å². The first-order valence-electron chi connectivity index (χ1n) is 9.01. The number of ether oxygens (including phenoxy) is 1. The van der Waals surface area contributed by atoms with Gasteiger partial charge in [-0.05, 0) is 43.2 Å². The molecule has 3 heterocycles. The SMILES string of the molecule is NC(=O)c1cc(S(=O)(=O)N2CCCC2)ccc1OCc1cc(-c2ccco2)on1. The number of hydrogen-bond donors (Lipinski definition) is 1. The van der Waals surface area contributed by atoms with Crippen LogP contribution in [0, 0.1) is 0 Å². The Morgan fingerprint density at radius 1 is 1.17 bits per heavy atom.